The molecule has 0 unspecified atom stereocenters. The summed E-state index contributed by atoms with van der Waals surface area (Å²) in [6.07, 6.45) is 0. The molecule has 2 heteroatoms. The maximum absolute atomic E-state index is 4.73. The van der Waals surface area contributed by atoms with E-state index in [0.717, 1.165) is 28.3 Å². The van der Waals surface area contributed by atoms with Gasteiger partial charge in [0.1, 0.15) is 0 Å². The lowest BCUT2D eigenvalue weighted by atomic mass is 9.97. The van der Waals surface area contributed by atoms with Crippen LogP contribution in [0.25, 0.3) is 33.2 Å². The van der Waals surface area contributed by atoms with Gasteiger partial charge in [-0.05, 0) is 42.7 Å². The molecule has 0 aliphatic rings. The second-order valence-electron chi connectivity index (χ2n) is 6.43. The van der Waals surface area contributed by atoms with Gasteiger partial charge in [0.2, 0.25) is 0 Å². The quantitative estimate of drug-likeness (QED) is 0.459. The highest BCUT2D eigenvalue weighted by atomic mass is 14.8. The smallest absolute Gasteiger partial charge is 0.0917 e. The summed E-state index contributed by atoms with van der Waals surface area (Å²) in [5.41, 5.74) is 7.50. The van der Waals surface area contributed by atoms with E-state index in [1.807, 2.05) is 20.8 Å². The molecule has 1 heterocycles. The predicted molar refractivity (Wildman–Crippen MR) is 105 cm³/mol. The molecule has 0 aliphatic carbocycles. The molecule has 0 saturated heterocycles. The van der Waals surface area contributed by atoms with Crippen molar-refractivity contribution in [1.29, 1.82) is 0 Å². The molecule has 4 rings (SSSR count). The van der Waals surface area contributed by atoms with Crippen molar-refractivity contribution in [2.24, 2.45) is 0 Å². The number of fused-ring (bicyclic) bond motifs is 1. The Hall–Kier alpha value is -3.00. The van der Waals surface area contributed by atoms with Crippen molar-refractivity contribution in [2.75, 3.05) is 0 Å². The SMILES string of the molecule is Cc1nc(C)c(-c2ccc(-c3cccc4ccccc34)cc2)nc1C. The minimum absolute atomic E-state index is 0.965. The zero-order valence-electron chi connectivity index (χ0n) is 14.7. The van der Waals surface area contributed by atoms with E-state index in [1.165, 1.54) is 21.9 Å². The van der Waals surface area contributed by atoms with E-state index < -0.39 is 0 Å². The van der Waals surface area contributed by atoms with Crippen molar-refractivity contribution in [3.63, 3.8) is 0 Å². The molecular formula is C23H20N2. The fraction of sp³-hybridized carbons (Fsp3) is 0.130. The van der Waals surface area contributed by atoms with Crippen LogP contribution in [0, 0.1) is 20.8 Å². The van der Waals surface area contributed by atoms with Crippen LogP contribution in [0.1, 0.15) is 17.1 Å². The first-order valence-corrected chi connectivity index (χ1v) is 8.54. The molecule has 0 bridgehead atoms. The van der Waals surface area contributed by atoms with Crippen LogP contribution in [0.3, 0.4) is 0 Å². The summed E-state index contributed by atoms with van der Waals surface area (Å²) in [6, 6.07) is 23.6. The van der Waals surface area contributed by atoms with E-state index in [1.54, 1.807) is 0 Å². The first kappa shape index (κ1) is 15.5. The zero-order valence-corrected chi connectivity index (χ0v) is 14.7. The summed E-state index contributed by atoms with van der Waals surface area (Å²) in [4.78, 5) is 9.34. The lowest BCUT2D eigenvalue weighted by Gasteiger charge is -2.10. The molecule has 0 N–H and O–H groups in total. The van der Waals surface area contributed by atoms with Gasteiger partial charge in [-0.15, -0.1) is 0 Å². The largest absolute Gasteiger partial charge is 0.254 e. The van der Waals surface area contributed by atoms with E-state index in [4.69, 9.17) is 4.98 Å². The standard InChI is InChI=1S/C23H20N2/c1-15-16(2)25-23(17(3)24-15)20-13-11-19(12-14-20)22-10-6-8-18-7-4-5-9-21(18)22/h4-14H,1-3H3. The van der Waals surface area contributed by atoms with Gasteiger partial charge in [0.15, 0.2) is 0 Å². The number of rotatable bonds is 2. The van der Waals surface area contributed by atoms with Crippen molar-refractivity contribution in [2.45, 2.75) is 20.8 Å². The summed E-state index contributed by atoms with van der Waals surface area (Å²) in [6.45, 7) is 6.03. The topological polar surface area (TPSA) is 25.8 Å². The number of benzene rings is 3. The predicted octanol–water partition coefficient (Wildman–Crippen LogP) is 5.89. The fourth-order valence-corrected chi connectivity index (χ4v) is 3.27. The summed E-state index contributed by atoms with van der Waals surface area (Å²) in [7, 11) is 0. The third kappa shape index (κ3) is 2.80. The summed E-state index contributed by atoms with van der Waals surface area (Å²) in [5, 5.41) is 2.54. The Morgan fingerprint density at radius 1 is 0.560 bits per heavy atom. The number of aryl methyl sites for hydroxylation is 3. The van der Waals surface area contributed by atoms with Gasteiger partial charge in [-0.1, -0.05) is 66.7 Å². The molecule has 2 nitrogen and oxygen atoms in total. The van der Waals surface area contributed by atoms with E-state index in [9.17, 15) is 0 Å². The minimum Gasteiger partial charge on any atom is -0.254 e. The van der Waals surface area contributed by atoms with Crippen molar-refractivity contribution in [3.8, 4) is 22.4 Å². The molecule has 0 saturated carbocycles. The second-order valence-corrected chi connectivity index (χ2v) is 6.43. The Bertz CT molecular complexity index is 1060. The second kappa shape index (κ2) is 6.14. The first-order valence-electron chi connectivity index (χ1n) is 8.54. The first-order chi connectivity index (χ1) is 12.1. The Balaban J connectivity index is 1.79. The molecule has 0 fully saturated rings. The number of hydrogen-bond donors (Lipinski definition) is 0. The van der Waals surface area contributed by atoms with E-state index in [0.29, 0.717) is 0 Å². The van der Waals surface area contributed by atoms with Gasteiger partial charge < -0.3 is 0 Å². The molecule has 0 radical (unpaired) electrons. The van der Waals surface area contributed by atoms with Gasteiger partial charge in [-0.3, -0.25) is 4.98 Å². The maximum atomic E-state index is 4.73. The summed E-state index contributed by atoms with van der Waals surface area (Å²) >= 11 is 0. The van der Waals surface area contributed by atoms with Crippen LogP contribution in [-0.4, -0.2) is 9.97 Å². The Kier molecular flexibility index (Phi) is 3.81. The normalized spacial score (nSPS) is 11.0. The van der Waals surface area contributed by atoms with Crippen LogP contribution in [-0.2, 0) is 0 Å². The van der Waals surface area contributed by atoms with Gasteiger partial charge >= 0.3 is 0 Å². The van der Waals surface area contributed by atoms with Gasteiger partial charge in [-0.25, -0.2) is 4.98 Å². The van der Waals surface area contributed by atoms with E-state index >= 15 is 0 Å². The van der Waals surface area contributed by atoms with Crippen LogP contribution in [0.15, 0.2) is 66.7 Å². The van der Waals surface area contributed by atoms with Crippen LogP contribution < -0.4 is 0 Å². The average molecular weight is 324 g/mol. The average Bonchev–Trinajstić information content (AvgIpc) is 2.64. The maximum Gasteiger partial charge on any atom is 0.0917 e. The molecule has 4 aromatic rings. The molecular weight excluding hydrogens is 304 g/mol. The van der Waals surface area contributed by atoms with Crippen molar-refractivity contribution >= 4 is 10.8 Å². The Labute approximate surface area is 148 Å². The van der Waals surface area contributed by atoms with Crippen LogP contribution >= 0.6 is 0 Å². The number of nitrogens with zero attached hydrogens (tertiary/aromatic N) is 2. The molecule has 0 amide bonds. The molecule has 25 heavy (non-hydrogen) atoms. The van der Waals surface area contributed by atoms with Gasteiger partial charge in [0.25, 0.3) is 0 Å². The van der Waals surface area contributed by atoms with Gasteiger partial charge in [0, 0.05) is 5.56 Å². The van der Waals surface area contributed by atoms with Crippen molar-refractivity contribution < 1.29 is 0 Å². The molecule has 0 aliphatic heterocycles. The van der Waals surface area contributed by atoms with Crippen molar-refractivity contribution in [3.05, 3.63) is 83.8 Å². The van der Waals surface area contributed by atoms with E-state index in [2.05, 4.69) is 71.7 Å². The summed E-state index contributed by atoms with van der Waals surface area (Å²) < 4.78 is 0. The molecule has 3 aromatic carbocycles. The third-order valence-electron chi connectivity index (χ3n) is 4.74. The highest BCUT2D eigenvalue weighted by molar-refractivity contribution is 5.96. The van der Waals surface area contributed by atoms with Gasteiger partial charge in [-0.2, -0.15) is 0 Å². The van der Waals surface area contributed by atoms with Crippen molar-refractivity contribution in [1.82, 2.24) is 9.97 Å². The number of hydrogen-bond acceptors (Lipinski definition) is 2. The lowest BCUT2D eigenvalue weighted by molar-refractivity contribution is 1.01. The number of aromatic nitrogens is 2. The van der Waals surface area contributed by atoms with Crippen LogP contribution in [0.5, 0.6) is 0 Å². The Morgan fingerprint density at radius 3 is 2.00 bits per heavy atom. The molecule has 1 aromatic heterocycles. The fourth-order valence-electron chi connectivity index (χ4n) is 3.27. The Morgan fingerprint density at radius 2 is 1.20 bits per heavy atom. The minimum atomic E-state index is 0.965. The monoisotopic (exact) mass is 324 g/mol. The molecule has 122 valence electrons. The van der Waals surface area contributed by atoms with Crippen LogP contribution in [0.4, 0.5) is 0 Å². The lowest BCUT2D eigenvalue weighted by Crippen LogP contribution is -1.98. The van der Waals surface area contributed by atoms with Crippen LogP contribution in [0.2, 0.25) is 0 Å². The molecule has 0 atom stereocenters. The zero-order chi connectivity index (χ0) is 17.4. The van der Waals surface area contributed by atoms with Gasteiger partial charge in [0.05, 0.1) is 22.8 Å². The summed E-state index contributed by atoms with van der Waals surface area (Å²) in [5.74, 6) is 0. The van der Waals surface area contributed by atoms with E-state index in [-0.39, 0.29) is 0 Å². The highest BCUT2D eigenvalue weighted by Gasteiger charge is 2.09. The third-order valence-corrected chi connectivity index (χ3v) is 4.74. The molecule has 0 spiro atoms. The highest BCUT2D eigenvalue weighted by Crippen LogP contribution is 2.30.